The summed E-state index contributed by atoms with van der Waals surface area (Å²) in [6.45, 7) is 2.62. The van der Waals surface area contributed by atoms with Crippen molar-refractivity contribution in [2.45, 2.75) is 13.3 Å². The van der Waals surface area contributed by atoms with Gasteiger partial charge in [0.15, 0.2) is 5.11 Å². The summed E-state index contributed by atoms with van der Waals surface area (Å²) in [7, 11) is 1.32. The molecule has 8 heteroatoms. The molecule has 0 saturated carbocycles. The van der Waals surface area contributed by atoms with Gasteiger partial charge >= 0.3 is 5.97 Å². The quantitative estimate of drug-likeness (QED) is 0.508. The minimum atomic E-state index is -0.422. The van der Waals surface area contributed by atoms with Crippen LogP contribution in [0.1, 0.15) is 34.1 Å². The van der Waals surface area contributed by atoms with Gasteiger partial charge in [0.25, 0.3) is 5.91 Å². The lowest BCUT2D eigenvalue weighted by Gasteiger charge is -2.11. The largest absolute Gasteiger partial charge is 0.492 e. The number of hydrogen-bond acceptors (Lipinski definition) is 5. The molecule has 6 nitrogen and oxygen atoms in total. The number of halogens is 1. The second kappa shape index (κ2) is 10.0. The molecule has 0 fully saturated rings. The molecule has 1 amide bonds. The fourth-order valence-electron chi connectivity index (χ4n) is 2.12. The van der Waals surface area contributed by atoms with Gasteiger partial charge in [-0.2, -0.15) is 0 Å². The van der Waals surface area contributed by atoms with Gasteiger partial charge in [-0.25, -0.2) is 4.79 Å². The summed E-state index contributed by atoms with van der Waals surface area (Å²) in [6, 6.07) is 11.6. The first-order valence-corrected chi connectivity index (χ1v) is 9.37. The van der Waals surface area contributed by atoms with Gasteiger partial charge in [-0.1, -0.05) is 6.92 Å². The molecule has 142 valence electrons. The van der Waals surface area contributed by atoms with E-state index < -0.39 is 5.97 Å². The third-order valence-electron chi connectivity index (χ3n) is 3.45. The predicted molar refractivity (Wildman–Crippen MR) is 111 cm³/mol. The maximum atomic E-state index is 12.3. The molecule has 0 aliphatic heterocycles. The van der Waals surface area contributed by atoms with Crippen molar-refractivity contribution in [1.29, 1.82) is 0 Å². The monoisotopic (exact) mass is 450 g/mol. The highest BCUT2D eigenvalue weighted by molar-refractivity contribution is 9.10. The summed E-state index contributed by atoms with van der Waals surface area (Å²) in [5.41, 5.74) is 1.50. The summed E-state index contributed by atoms with van der Waals surface area (Å²) in [4.78, 5) is 23.8. The van der Waals surface area contributed by atoms with E-state index in [1.807, 2.05) is 6.92 Å². The van der Waals surface area contributed by atoms with Crippen LogP contribution in [0.3, 0.4) is 0 Å². The Morgan fingerprint density at radius 2 is 1.78 bits per heavy atom. The van der Waals surface area contributed by atoms with E-state index in [0.29, 0.717) is 33.6 Å². The SMILES string of the molecule is CCCOc1ccc(C(=O)NC(=S)Nc2ccc(C(=O)OC)cc2)cc1Br. The maximum Gasteiger partial charge on any atom is 0.337 e. The van der Waals surface area contributed by atoms with Crippen LogP contribution in [0.25, 0.3) is 0 Å². The van der Waals surface area contributed by atoms with Crippen LogP contribution in [-0.2, 0) is 4.74 Å². The van der Waals surface area contributed by atoms with Crippen molar-refractivity contribution in [1.82, 2.24) is 5.32 Å². The van der Waals surface area contributed by atoms with Crippen LogP contribution in [0.4, 0.5) is 5.69 Å². The summed E-state index contributed by atoms with van der Waals surface area (Å²) in [5, 5.41) is 5.65. The Morgan fingerprint density at radius 3 is 2.37 bits per heavy atom. The molecular weight excluding hydrogens is 432 g/mol. The van der Waals surface area contributed by atoms with Gasteiger partial charge in [-0.05, 0) is 77.0 Å². The van der Waals surface area contributed by atoms with Crippen LogP contribution in [0, 0.1) is 0 Å². The van der Waals surface area contributed by atoms with Gasteiger partial charge in [0.2, 0.25) is 0 Å². The number of ether oxygens (including phenoxy) is 2. The molecule has 0 aliphatic carbocycles. The van der Waals surface area contributed by atoms with Crippen LogP contribution in [0.15, 0.2) is 46.9 Å². The molecule has 27 heavy (non-hydrogen) atoms. The molecule has 0 saturated heterocycles. The van der Waals surface area contributed by atoms with Crippen molar-refractivity contribution < 1.29 is 19.1 Å². The summed E-state index contributed by atoms with van der Waals surface area (Å²) in [5.74, 6) is -0.0874. The van der Waals surface area contributed by atoms with Crippen LogP contribution < -0.4 is 15.4 Å². The Hall–Kier alpha value is -2.45. The van der Waals surface area contributed by atoms with Crippen LogP contribution in [0.5, 0.6) is 5.75 Å². The number of carbonyl (C=O) groups excluding carboxylic acids is 2. The zero-order valence-electron chi connectivity index (χ0n) is 14.9. The Labute approximate surface area is 171 Å². The zero-order valence-corrected chi connectivity index (χ0v) is 17.3. The molecule has 0 heterocycles. The van der Waals surface area contributed by atoms with Gasteiger partial charge in [0.1, 0.15) is 5.75 Å². The molecule has 0 spiro atoms. The number of methoxy groups -OCH3 is 1. The maximum absolute atomic E-state index is 12.3. The minimum Gasteiger partial charge on any atom is -0.492 e. The number of amides is 1. The Kier molecular flexibility index (Phi) is 7.75. The number of esters is 1. The summed E-state index contributed by atoms with van der Waals surface area (Å²) in [6.07, 6.45) is 0.898. The number of hydrogen-bond donors (Lipinski definition) is 2. The van der Waals surface area contributed by atoms with Crippen molar-refractivity contribution in [2.75, 3.05) is 19.0 Å². The molecule has 2 aromatic carbocycles. The lowest BCUT2D eigenvalue weighted by molar-refractivity contribution is 0.0600. The van der Waals surface area contributed by atoms with E-state index in [-0.39, 0.29) is 11.0 Å². The van der Waals surface area contributed by atoms with E-state index >= 15 is 0 Å². The number of anilines is 1. The molecule has 0 aromatic heterocycles. The molecule has 2 rings (SSSR count). The van der Waals surface area contributed by atoms with Gasteiger partial charge in [0, 0.05) is 11.3 Å². The molecule has 0 bridgehead atoms. The lowest BCUT2D eigenvalue weighted by Crippen LogP contribution is -2.34. The molecular formula is C19H19BrN2O4S. The van der Waals surface area contributed by atoms with Gasteiger partial charge in [-0.15, -0.1) is 0 Å². The molecule has 2 aromatic rings. The number of rotatable bonds is 6. The average Bonchev–Trinajstić information content (AvgIpc) is 2.66. The Bertz CT molecular complexity index is 840. The van der Waals surface area contributed by atoms with Crippen molar-refractivity contribution in [2.24, 2.45) is 0 Å². The minimum absolute atomic E-state index is 0.147. The molecule has 0 aliphatic rings. The third-order valence-corrected chi connectivity index (χ3v) is 4.27. The lowest BCUT2D eigenvalue weighted by atomic mass is 10.2. The second-order valence-electron chi connectivity index (χ2n) is 5.47. The molecule has 0 atom stereocenters. The van der Waals surface area contributed by atoms with Gasteiger partial charge in [0.05, 0.1) is 23.8 Å². The van der Waals surface area contributed by atoms with Gasteiger partial charge in [-0.3, -0.25) is 10.1 Å². The standard InChI is InChI=1S/C19H19BrN2O4S/c1-3-10-26-16-9-6-13(11-15(16)20)17(23)22-19(27)21-14-7-4-12(5-8-14)18(24)25-2/h4-9,11H,3,10H2,1-2H3,(H2,21,22,23,27). The highest BCUT2D eigenvalue weighted by Crippen LogP contribution is 2.26. The Morgan fingerprint density at radius 1 is 1.11 bits per heavy atom. The van der Waals surface area contributed by atoms with E-state index in [1.165, 1.54) is 7.11 Å². The number of carbonyl (C=O) groups is 2. The van der Waals surface area contributed by atoms with Crippen molar-refractivity contribution in [3.63, 3.8) is 0 Å². The highest BCUT2D eigenvalue weighted by atomic mass is 79.9. The fraction of sp³-hybridized carbons (Fsp3) is 0.211. The average molecular weight is 451 g/mol. The van der Waals surface area contributed by atoms with E-state index in [1.54, 1.807) is 42.5 Å². The predicted octanol–water partition coefficient (Wildman–Crippen LogP) is 4.15. The van der Waals surface area contributed by atoms with E-state index in [2.05, 4.69) is 31.3 Å². The normalized spacial score (nSPS) is 10.0. The fourth-order valence-corrected chi connectivity index (χ4v) is 2.82. The summed E-state index contributed by atoms with van der Waals surface area (Å²) < 4.78 is 10.9. The summed E-state index contributed by atoms with van der Waals surface area (Å²) >= 11 is 8.56. The molecule has 0 radical (unpaired) electrons. The van der Waals surface area contributed by atoms with E-state index in [9.17, 15) is 9.59 Å². The highest BCUT2D eigenvalue weighted by Gasteiger charge is 2.11. The van der Waals surface area contributed by atoms with Crippen molar-refractivity contribution in [3.8, 4) is 5.75 Å². The number of thiocarbonyl (C=S) groups is 1. The van der Waals surface area contributed by atoms with Crippen LogP contribution in [0.2, 0.25) is 0 Å². The number of nitrogens with one attached hydrogen (secondary N) is 2. The smallest absolute Gasteiger partial charge is 0.337 e. The van der Waals surface area contributed by atoms with Gasteiger partial charge < -0.3 is 14.8 Å². The van der Waals surface area contributed by atoms with Crippen molar-refractivity contribution in [3.05, 3.63) is 58.1 Å². The second-order valence-corrected chi connectivity index (χ2v) is 6.73. The van der Waals surface area contributed by atoms with Crippen LogP contribution >= 0.6 is 28.1 Å². The van der Waals surface area contributed by atoms with Crippen molar-refractivity contribution >= 4 is 50.8 Å². The molecule has 2 N–H and O–H groups in total. The first-order valence-electron chi connectivity index (χ1n) is 8.17. The Balaban J connectivity index is 1.96. The van der Waals surface area contributed by atoms with Crippen LogP contribution in [-0.4, -0.2) is 30.7 Å². The first kappa shape index (κ1) is 20.9. The third kappa shape index (κ3) is 6.04. The molecule has 0 unspecified atom stereocenters. The zero-order chi connectivity index (χ0) is 19.8. The van der Waals surface area contributed by atoms with E-state index in [0.717, 1.165) is 6.42 Å². The number of benzene rings is 2. The first-order chi connectivity index (χ1) is 12.9. The topological polar surface area (TPSA) is 76.7 Å². The van der Waals surface area contributed by atoms with E-state index in [4.69, 9.17) is 17.0 Å².